The summed E-state index contributed by atoms with van der Waals surface area (Å²) in [5.74, 6) is 0. The first kappa shape index (κ1) is 18.6. The summed E-state index contributed by atoms with van der Waals surface area (Å²) in [5.41, 5.74) is 9.40. The number of hydrogen-bond acceptors (Lipinski definition) is 4. The van der Waals surface area contributed by atoms with Crippen molar-refractivity contribution in [3.63, 3.8) is 0 Å². The summed E-state index contributed by atoms with van der Waals surface area (Å²) >= 11 is 0. The van der Waals surface area contributed by atoms with E-state index >= 15 is 0 Å². The van der Waals surface area contributed by atoms with Crippen molar-refractivity contribution in [3.8, 4) is 6.07 Å². The number of likely N-dealkylation sites (tertiary alicyclic amines) is 1. The van der Waals surface area contributed by atoms with Gasteiger partial charge in [0.25, 0.3) is 0 Å². The van der Waals surface area contributed by atoms with Crippen LogP contribution in [0.4, 0.5) is 0 Å². The summed E-state index contributed by atoms with van der Waals surface area (Å²) in [6.07, 6.45) is 5.06. The fraction of sp³-hybridized carbons (Fsp3) is 0.455. The first-order valence-electron chi connectivity index (χ1n) is 9.35. The van der Waals surface area contributed by atoms with E-state index in [4.69, 9.17) is 11.0 Å². The molecular weight excluding hydrogens is 320 g/mol. The molecule has 1 atom stereocenters. The standard InChI is InChI=1S/C22H28N4/c1-21(2,20-5-3-4-13-25-20)26-14-12-22(16-24,17-26)11-10-18-6-8-19(15-23)9-7-18/h3-9,13H,10-12,14,16-17,24H2,1-2H3/t22-/m0/s1. The summed E-state index contributed by atoms with van der Waals surface area (Å²) in [5, 5.41) is 8.93. The smallest absolute Gasteiger partial charge is 0.0991 e. The topological polar surface area (TPSA) is 65.9 Å². The Morgan fingerprint density at radius 2 is 2.00 bits per heavy atom. The lowest BCUT2D eigenvalue weighted by Gasteiger charge is -2.37. The molecule has 0 amide bonds. The molecule has 0 spiro atoms. The second kappa shape index (κ2) is 7.57. The zero-order valence-electron chi connectivity index (χ0n) is 15.8. The van der Waals surface area contributed by atoms with E-state index in [1.54, 1.807) is 0 Å². The Morgan fingerprint density at radius 3 is 2.62 bits per heavy atom. The lowest BCUT2D eigenvalue weighted by Crippen LogP contribution is -2.43. The molecule has 2 N–H and O–H groups in total. The van der Waals surface area contributed by atoms with Gasteiger partial charge in [0.2, 0.25) is 0 Å². The Bertz CT molecular complexity index is 761. The fourth-order valence-corrected chi connectivity index (χ4v) is 3.93. The maximum atomic E-state index is 8.93. The van der Waals surface area contributed by atoms with E-state index in [9.17, 15) is 0 Å². The van der Waals surface area contributed by atoms with Crippen LogP contribution in [0.25, 0.3) is 0 Å². The predicted octanol–water partition coefficient (Wildman–Crippen LogP) is 3.47. The van der Waals surface area contributed by atoms with Gasteiger partial charge in [0.15, 0.2) is 0 Å². The van der Waals surface area contributed by atoms with Gasteiger partial charge in [0.1, 0.15) is 0 Å². The zero-order valence-corrected chi connectivity index (χ0v) is 15.8. The van der Waals surface area contributed by atoms with Crippen LogP contribution in [-0.4, -0.2) is 29.5 Å². The van der Waals surface area contributed by atoms with Crippen LogP contribution in [0.2, 0.25) is 0 Å². The van der Waals surface area contributed by atoms with Gasteiger partial charge in [-0.3, -0.25) is 9.88 Å². The molecule has 1 aromatic carbocycles. The van der Waals surface area contributed by atoms with Gasteiger partial charge >= 0.3 is 0 Å². The molecule has 4 nitrogen and oxygen atoms in total. The monoisotopic (exact) mass is 348 g/mol. The highest BCUT2D eigenvalue weighted by atomic mass is 15.2. The highest BCUT2D eigenvalue weighted by Gasteiger charge is 2.42. The molecular formula is C22H28N4. The third kappa shape index (κ3) is 3.80. The van der Waals surface area contributed by atoms with Gasteiger partial charge in [0.05, 0.1) is 22.9 Å². The van der Waals surface area contributed by atoms with E-state index in [1.807, 2.05) is 24.4 Å². The number of pyridine rings is 1. The van der Waals surface area contributed by atoms with E-state index in [-0.39, 0.29) is 11.0 Å². The van der Waals surface area contributed by atoms with Crippen molar-refractivity contribution in [2.45, 2.75) is 38.6 Å². The van der Waals surface area contributed by atoms with E-state index in [1.165, 1.54) is 5.56 Å². The first-order chi connectivity index (χ1) is 12.5. The van der Waals surface area contributed by atoms with Crippen LogP contribution in [0.5, 0.6) is 0 Å². The van der Waals surface area contributed by atoms with Gasteiger partial charge in [-0.05, 0) is 81.4 Å². The lowest BCUT2D eigenvalue weighted by molar-refractivity contribution is 0.126. The average molecular weight is 348 g/mol. The molecule has 1 aromatic heterocycles. The Kier molecular flexibility index (Phi) is 5.41. The lowest BCUT2D eigenvalue weighted by atomic mass is 9.81. The highest BCUT2D eigenvalue weighted by molar-refractivity contribution is 5.31. The van der Waals surface area contributed by atoms with Crippen LogP contribution >= 0.6 is 0 Å². The predicted molar refractivity (Wildman–Crippen MR) is 104 cm³/mol. The van der Waals surface area contributed by atoms with Crippen LogP contribution < -0.4 is 5.73 Å². The number of rotatable bonds is 6. The quantitative estimate of drug-likeness (QED) is 0.868. The molecule has 1 aliphatic rings. The number of nitrogens with zero attached hydrogens (tertiary/aromatic N) is 3. The van der Waals surface area contributed by atoms with Gasteiger partial charge in [-0.15, -0.1) is 0 Å². The third-order valence-electron chi connectivity index (χ3n) is 5.98. The van der Waals surface area contributed by atoms with Crippen LogP contribution in [0.3, 0.4) is 0 Å². The normalized spacial score (nSPS) is 20.8. The molecule has 0 unspecified atom stereocenters. The second-order valence-corrected chi connectivity index (χ2v) is 7.96. The van der Waals surface area contributed by atoms with Crippen LogP contribution in [0.1, 0.15) is 43.5 Å². The molecule has 0 saturated carbocycles. The average Bonchev–Trinajstić information content (AvgIpc) is 3.13. The Labute approximate surface area is 156 Å². The van der Waals surface area contributed by atoms with E-state index in [0.717, 1.165) is 38.0 Å². The van der Waals surface area contributed by atoms with Crippen molar-refractivity contribution < 1.29 is 0 Å². The van der Waals surface area contributed by atoms with Crippen LogP contribution in [0.15, 0.2) is 48.7 Å². The summed E-state index contributed by atoms with van der Waals surface area (Å²) < 4.78 is 0. The first-order valence-corrected chi connectivity index (χ1v) is 9.35. The van der Waals surface area contributed by atoms with Crippen molar-refractivity contribution in [1.82, 2.24) is 9.88 Å². The zero-order chi connectivity index (χ0) is 18.6. The van der Waals surface area contributed by atoms with Crippen molar-refractivity contribution in [2.24, 2.45) is 11.1 Å². The molecule has 4 heteroatoms. The molecule has 0 aliphatic carbocycles. The van der Waals surface area contributed by atoms with Gasteiger partial charge in [-0.1, -0.05) is 18.2 Å². The summed E-state index contributed by atoms with van der Waals surface area (Å²) in [6.45, 7) is 7.26. The number of aryl methyl sites for hydroxylation is 1. The molecule has 1 aliphatic heterocycles. The minimum atomic E-state index is -0.0907. The van der Waals surface area contributed by atoms with Gasteiger partial charge in [-0.25, -0.2) is 0 Å². The molecule has 0 bridgehead atoms. The van der Waals surface area contributed by atoms with Crippen molar-refractivity contribution >= 4 is 0 Å². The minimum absolute atomic E-state index is 0.0907. The number of benzene rings is 1. The summed E-state index contributed by atoms with van der Waals surface area (Å²) in [6, 6.07) is 16.2. The Balaban J connectivity index is 1.68. The van der Waals surface area contributed by atoms with Crippen molar-refractivity contribution in [3.05, 3.63) is 65.5 Å². The second-order valence-electron chi connectivity index (χ2n) is 7.96. The molecule has 3 rings (SSSR count). The van der Waals surface area contributed by atoms with E-state index in [2.05, 4.69) is 54.1 Å². The van der Waals surface area contributed by atoms with Gasteiger partial charge in [0, 0.05) is 12.7 Å². The third-order valence-corrected chi connectivity index (χ3v) is 5.98. The molecule has 1 saturated heterocycles. The van der Waals surface area contributed by atoms with Crippen molar-refractivity contribution in [1.29, 1.82) is 5.26 Å². The molecule has 2 aromatic rings. The molecule has 0 radical (unpaired) electrons. The molecule has 26 heavy (non-hydrogen) atoms. The fourth-order valence-electron chi connectivity index (χ4n) is 3.93. The van der Waals surface area contributed by atoms with Crippen LogP contribution in [0, 0.1) is 16.7 Å². The molecule has 1 fully saturated rings. The largest absolute Gasteiger partial charge is 0.330 e. The van der Waals surface area contributed by atoms with Gasteiger partial charge in [-0.2, -0.15) is 5.26 Å². The van der Waals surface area contributed by atoms with Crippen LogP contribution in [-0.2, 0) is 12.0 Å². The van der Waals surface area contributed by atoms with Gasteiger partial charge < -0.3 is 5.73 Å². The van der Waals surface area contributed by atoms with E-state index in [0.29, 0.717) is 12.1 Å². The molecule has 2 heterocycles. The summed E-state index contributed by atoms with van der Waals surface area (Å²) in [7, 11) is 0. The van der Waals surface area contributed by atoms with Crippen molar-refractivity contribution in [2.75, 3.05) is 19.6 Å². The maximum Gasteiger partial charge on any atom is 0.0991 e. The number of aromatic nitrogens is 1. The Morgan fingerprint density at radius 1 is 1.23 bits per heavy atom. The number of hydrogen-bond donors (Lipinski definition) is 1. The molecule has 136 valence electrons. The Hall–Kier alpha value is -2.22. The number of nitriles is 1. The summed E-state index contributed by atoms with van der Waals surface area (Å²) in [4.78, 5) is 7.11. The van der Waals surface area contributed by atoms with E-state index < -0.39 is 0 Å². The number of nitrogens with two attached hydrogens (primary N) is 1. The SMILES string of the molecule is CC(C)(c1ccccn1)N1CC[C@](CN)(CCc2ccc(C#N)cc2)C1. The minimum Gasteiger partial charge on any atom is -0.330 e. The maximum absolute atomic E-state index is 8.93. The highest BCUT2D eigenvalue weighted by Crippen LogP contribution is 2.40.